The minimum absolute atomic E-state index is 0.00848. The number of amides is 5. The molecule has 5 atom stereocenters. The van der Waals surface area contributed by atoms with Gasteiger partial charge in [0.2, 0.25) is 17.7 Å². The summed E-state index contributed by atoms with van der Waals surface area (Å²) >= 11 is 1.32. The molecule has 0 aliphatic rings. The van der Waals surface area contributed by atoms with E-state index in [1.807, 2.05) is 53.8 Å². The highest BCUT2D eigenvalue weighted by Gasteiger charge is 2.32. The maximum absolute atomic E-state index is 13.6. The molecule has 5 unspecified atom stereocenters. The van der Waals surface area contributed by atoms with Crippen LogP contribution in [0.4, 0.5) is 9.59 Å². The second kappa shape index (κ2) is 20.1. The highest BCUT2D eigenvalue weighted by molar-refractivity contribution is 7.09. The Labute approximate surface area is 289 Å². The van der Waals surface area contributed by atoms with Crippen molar-refractivity contribution in [3.8, 4) is 0 Å². The molecule has 0 aromatic carbocycles. The van der Waals surface area contributed by atoms with Crippen molar-refractivity contribution >= 4 is 41.2 Å². The van der Waals surface area contributed by atoms with Gasteiger partial charge in [0.1, 0.15) is 29.3 Å². The molecule has 0 fully saturated rings. The van der Waals surface area contributed by atoms with Gasteiger partial charge in [-0.05, 0) is 58.3 Å². The van der Waals surface area contributed by atoms with Crippen molar-refractivity contribution in [1.82, 2.24) is 31.6 Å². The smallest absolute Gasteiger partial charge is 0.408 e. The van der Waals surface area contributed by atoms with Gasteiger partial charge in [0.25, 0.3) is 0 Å². The molecular formula is C33H58N6O8S. The standard InChI is InChI=1S/C33H58N6O8S/c1-18(2)12-23(25(40)13-21(7)28(41)39-27(20(5)6)30(43)34-14-19(3)4)37-29(42)24(15-35-31(44)47-33(9,10)11)38-32(45)46-16-26-36-22(8)17-48-26/h17-21,23-25,27,40H,12-16H2,1-11H3,(H,34,43)(H,35,44)(H,37,42)(H,38,45)(H,39,41). The van der Waals surface area contributed by atoms with Crippen molar-refractivity contribution < 1.29 is 38.6 Å². The molecule has 274 valence electrons. The Morgan fingerprint density at radius 1 is 0.833 bits per heavy atom. The molecule has 0 aliphatic carbocycles. The van der Waals surface area contributed by atoms with Crippen LogP contribution in [0.1, 0.15) is 92.8 Å². The number of nitrogens with one attached hydrogen (secondary N) is 5. The number of aliphatic hydroxyl groups is 1. The number of ether oxygens (including phenoxy) is 2. The quantitative estimate of drug-likeness (QED) is 0.133. The van der Waals surface area contributed by atoms with Crippen LogP contribution >= 0.6 is 11.3 Å². The van der Waals surface area contributed by atoms with E-state index in [9.17, 15) is 29.1 Å². The van der Waals surface area contributed by atoms with Gasteiger partial charge >= 0.3 is 12.2 Å². The number of hydrogen-bond donors (Lipinski definition) is 6. The van der Waals surface area contributed by atoms with E-state index < -0.39 is 59.7 Å². The zero-order valence-electron chi connectivity index (χ0n) is 30.4. The lowest BCUT2D eigenvalue weighted by atomic mass is 9.91. The van der Waals surface area contributed by atoms with E-state index in [1.54, 1.807) is 27.7 Å². The average Bonchev–Trinajstić information content (AvgIpc) is 3.38. The summed E-state index contributed by atoms with van der Waals surface area (Å²) in [6.07, 6.45) is -2.50. The number of carbonyl (C=O) groups is 5. The van der Waals surface area contributed by atoms with Crippen LogP contribution in [0.3, 0.4) is 0 Å². The number of hydrogen-bond acceptors (Lipinski definition) is 10. The van der Waals surface area contributed by atoms with Gasteiger partial charge in [-0.25, -0.2) is 14.6 Å². The van der Waals surface area contributed by atoms with Gasteiger partial charge in [0, 0.05) is 23.5 Å². The van der Waals surface area contributed by atoms with Gasteiger partial charge in [-0.2, -0.15) is 0 Å². The predicted octanol–water partition coefficient (Wildman–Crippen LogP) is 3.40. The maximum atomic E-state index is 13.6. The van der Waals surface area contributed by atoms with Gasteiger partial charge in [-0.3, -0.25) is 14.4 Å². The summed E-state index contributed by atoms with van der Waals surface area (Å²) < 4.78 is 10.5. The normalized spacial score (nSPS) is 14.8. The Morgan fingerprint density at radius 2 is 1.48 bits per heavy atom. The molecule has 48 heavy (non-hydrogen) atoms. The third-order valence-electron chi connectivity index (χ3n) is 6.94. The van der Waals surface area contributed by atoms with E-state index in [0.29, 0.717) is 18.0 Å². The molecular weight excluding hydrogens is 640 g/mol. The van der Waals surface area contributed by atoms with Gasteiger partial charge < -0.3 is 41.2 Å². The van der Waals surface area contributed by atoms with Gasteiger partial charge in [-0.1, -0.05) is 48.5 Å². The van der Waals surface area contributed by atoms with Crippen molar-refractivity contribution in [3.63, 3.8) is 0 Å². The maximum Gasteiger partial charge on any atom is 0.408 e. The summed E-state index contributed by atoms with van der Waals surface area (Å²) in [5.74, 6) is -1.93. The topological polar surface area (TPSA) is 197 Å². The highest BCUT2D eigenvalue weighted by atomic mass is 32.1. The number of aliphatic hydroxyl groups excluding tert-OH is 1. The highest BCUT2D eigenvalue weighted by Crippen LogP contribution is 2.17. The molecule has 14 nitrogen and oxygen atoms in total. The van der Waals surface area contributed by atoms with Gasteiger partial charge in [0.05, 0.1) is 18.7 Å². The van der Waals surface area contributed by atoms with E-state index in [0.717, 1.165) is 5.69 Å². The van der Waals surface area contributed by atoms with E-state index >= 15 is 0 Å². The minimum atomic E-state index is -1.29. The Kier molecular flexibility index (Phi) is 17.9. The van der Waals surface area contributed by atoms with Crippen LogP contribution in [0.15, 0.2) is 5.38 Å². The van der Waals surface area contributed by atoms with Crippen LogP contribution in [-0.2, 0) is 30.5 Å². The number of aromatic nitrogens is 1. The van der Waals surface area contributed by atoms with Gasteiger partial charge in [-0.15, -0.1) is 11.3 Å². The Bertz CT molecular complexity index is 1200. The minimum Gasteiger partial charge on any atom is -0.444 e. The molecule has 0 bridgehead atoms. The molecule has 0 saturated heterocycles. The van der Waals surface area contributed by atoms with Crippen LogP contribution in [0, 0.1) is 30.6 Å². The van der Waals surface area contributed by atoms with Gasteiger partial charge in [0.15, 0.2) is 0 Å². The zero-order chi connectivity index (χ0) is 36.8. The first-order valence-corrected chi connectivity index (χ1v) is 17.4. The molecule has 0 radical (unpaired) electrons. The number of carbonyl (C=O) groups excluding carboxylic acids is 5. The summed E-state index contributed by atoms with van der Waals surface area (Å²) in [5, 5.41) is 27.1. The van der Waals surface area contributed by atoms with Crippen LogP contribution in [-0.4, -0.2) is 82.9 Å². The third-order valence-corrected chi connectivity index (χ3v) is 7.88. The largest absolute Gasteiger partial charge is 0.444 e. The number of nitrogens with zero attached hydrogens (tertiary/aromatic N) is 1. The fourth-order valence-corrected chi connectivity index (χ4v) is 5.15. The number of rotatable bonds is 18. The summed E-state index contributed by atoms with van der Waals surface area (Å²) in [5.41, 5.74) is -0.00556. The summed E-state index contributed by atoms with van der Waals surface area (Å²) in [6.45, 7) is 20.0. The Morgan fingerprint density at radius 3 is 2.00 bits per heavy atom. The number of thiazole rings is 1. The van der Waals surface area contributed by atoms with E-state index in [4.69, 9.17) is 9.47 Å². The molecule has 0 spiro atoms. The van der Waals surface area contributed by atoms with E-state index in [-0.39, 0.29) is 43.2 Å². The lowest BCUT2D eigenvalue weighted by Crippen LogP contribution is -2.57. The molecule has 1 aromatic heterocycles. The second-order valence-electron chi connectivity index (χ2n) is 14.4. The van der Waals surface area contributed by atoms with Crippen LogP contribution in [0.2, 0.25) is 0 Å². The van der Waals surface area contributed by atoms with Crippen molar-refractivity contribution in [2.45, 2.75) is 125 Å². The fourth-order valence-electron chi connectivity index (χ4n) is 4.47. The van der Waals surface area contributed by atoms with E-state index in [2.05, 4.69) is 31.6 Å². The first-order chi connectivity index (χ1) is 22.2. The first-order valence-electron chi connectivity index (χ1n) is 16.6. The average molecular weight is 699 g/mol. The lowest BCUT2D eigenvalue weighted by molar-refractivity contribution is -0.132. The molecule has 1 heterocycles. The lowest BCUT2D eigenvalue weighted by Gasteiger charge is -2.30. The monoisotopic (exact) mass is 698 g/mol. The third kappa shape index (κ3) is 17.1. The predicted molar refractivity (Wildman–Crippen MR) is 184 cm³/mol. The molecule has 0 aliphatic heterocycles. The van der Waals surface area contributed by atoms with Crippen LogP contribution in [0.25, 0.3) is 0 Å². The SMILES string of the molecule is Cc1csc(COC(=O)NC(CNC(=O)OC(C)(C)C)C(=O)NC(CC(C)C)C(O)CC(C)C(=O)NC(C(=O)NCC(C)C)C(C)C)n1. The molecule has 5 amide bonds. The number of alkyl carbamates (subject to hydrolysis) is 2. The fraction of sp³-hybridized carbons (Fsp3) is 0.758. The summed E-state index contributed by atoms with van der Waals surface area (Å²) in [7, 11) is 0. The second-order valence-corrected chi connectivity index (χ2v) is 15.3. The molecule has 1 rings (SSSR count). The van der Waals surface area contributed by atoms with Crippen molar-refractivity contribution in [2.75, 3.05) is 13.1 Å². The Hall–Kier alpha value is -3.46. The molecule has 6 N–H and O–H groups in total. The van der Waals surface area contributed by atoms with Crippen molar-refractivity contribution in [2.24, 2.45) is 23.7 Å². The Balaban J connectivity index is 3.02. The molecule has 1 aromatic rings. The summed E-state index contributed by atoms with van der Waals surface area (Å²) in [6, 6.07) is -2.84. The van der Waals surface area contributed by atoms with Crippen LogP contribution < -0.4 is 26.6 Å². The first kappa shape index (κ1) is 42.6. The summed E-state index contributed by atoms with van der Waals surface area (Å²) in [4.78, 5) is 68.7. The molecule has 15 heteroatoms. The van der Waals surface area contributed by atoms with Crippen molar-refractivity contribution in [1.29, 1.82) is 0 Å². The van der Waals surface area contributed by atoms with Crippen molar-refractivity contribution in [3.05, 3.63) is 16.1 Å². The molecule has 0 saturated carbocycles. The van der Waals surface area contributed by atoms with E-state index in [1.165, 1.54) is 11.3 Å². The zero-order valence-corrected chi connectivity index (χ0v) is 31.2. The van der Waals surface area contributed by atoms with Crippen LogP contribution in [0.5, 0.6) is 0 Å². The number of aryl methyl sites for hydroxylation is 1.